The summed E-state index contributed by atoms with van der Waals surface area (Å²) in [6.07, 6.45) is 6.95. The molecule has 1 N–H and O–H groups in total. The van der Waals surface area contributed by atoms with Gasteiger partial charge in [-0.15, -0.1) is 0 Å². The molecule has 1 heterocycles. The lowest BCUT2D eigenvalue weighted by atomic mass is 10.0. The minimum atomic E-state index is 1.00. The first kappa shape index (κ1) is 13.0. The van der Waals surface area contributed by atoms with Crippen LogP contribution in [0.15, 0.2) is 0 Å². The summed E-state index contributed by atoms with van der Waals surface area (Å²) >= 11 is 0. The van der Waals surface area contributed by atoms with Crippen molar-refractivity contribution >= 4 is 0 Å². The number of nitrogens with zero attached hydrogens (tertiary/aromatic N) is 1. The highest BCUT2D eigenvalue weighted by Crippen LogP contribution is 2.20. The molecule has 0 amide bonds. The summed E-state index contributed by atoms with van der Waals surface area (Å²) in [5, 5.41) is 3.38. The molecular formula is C13H28N2. The third-order valence-electron chi connectivity index (χ3n) is 3.39. The third kappa shape index (κ3) is 5.53. The molecule has 1 aliphatic heterocycles. The Labute approximate surface area is 95.4 Å². The Balaban J connectivity index is 1.94. The average Bonchev–Trinajstić information content (AvgIpc) is 2.66. The summed E-state index contributed by atoms with van der Waals surface area (Å²) in [6.45, 7) is 10.8. The van der Waals surface area contributed by atoms with Gasteiger partial charge in [-0.1, -0.05) is 20.3 Å². The molecule has 1 atom stereocenters. The van der Waals surface area contributed by atoms with Crippen molar-refractivity contribution in [3.05, 3.63) is 0 Å². The van der Waals surface area contributed by atoms with Gasteiger partial charge in [-0.25, -0.2) is 0 Å². The molecule has 1 fully saturated rings. The Morgan fingerprint density at radius 3 is 2.87 bits per heavy atom. The van der Waals surface area contributed by atoms with Crippen LogP contribution in [0.4, 0.5) is 0 Å². The van der Waals surface area contributed by atoms with E-state index in [1.54, 1.807) is 0 Å². The van der Waals surface area contributed by atoms with Gasteiger partial charge in [0.05, 0.1) is 0 Å². The largest absolute Gasteiger partial charge is 0.317 e. The number of nitrogens with one attached hydrogen (secondary N) is 1. The summed E-state index contributed by atoms with van der Waals surface area (Å²) in [4.78, 5) is 2.66. The lowest BCUT2D eigenvalue weighted by Crippen LogP contribution is -2.23. The molecule has 1 aliphatic rings. The van der Waals surface area contributed by atoms with Gasteiger partial charge in [-0.3, -0.25) is 0 Å². The maximum atomic E-state index is 3.38. The van der Waals surface area contributed by atoms with Crippen LogP contribution in [0.2, 0.25) is 0 Å². The van der Waals surface area contributed by atoms with E-state index in [2.05, 4.69) is 24.1 Å². The van der Waals surface area contributed by atoms with Crippen LogP contribution in [0.25, 0.3) is 0 Å². The molecule has 2 nitrogen and oxygen atoms in total. The number of likely N-dealkylation sites (tertiary alicyclic amines) is 1. The minimum absolute atomic E-state index is 1.00. The number of hydrogen-bond donors (Lipinski definition) is 1. The Morgan fingerprint density at radius 2 is 2.13 bits per heavy atom. The zero-order chi connectivity index (χ0) is 10.9. The van der Waals surface area contributed by atoms with Crippen molar-refractivity contribution in [1.82, 2.24) is 10.2 Å². The van der Waals surface area contributed by atoms with Gasteiger partial charge in [0, 0.05) is 6.54 Å². The maximum absolute atomic E-state index is 3.38. The van der Waals surface area contributed by atoms with Crippen molar-refractivity contribution in [1.29, 1.82) is 0 Å². The van der Waals surface area contributed by atoms with Crippen molar-refractivity contribution in [2.24, 2.45) is 5.92 Å². The first-order valence-electron chi connectivity index (χ1n) is 6.79. The zero-order valence-corrected chi connectivity index (χ0v) is 10.6. The second kappa shape index (κ2) is 8.12. The molecule has 0 saturated carbocycles. The highest BCUT2D eigenvalue weighted by atomic mass is 15.1. The van der Waals surface area contributed by atoms with E-state index in [9.17, 15) is 0 Å². The third-order valence-corrected chi connectivity index (χ3v) is 3.39. The van der Waals surface area contributed by atoms with Gasteiger partial charge in [0.25, 0.3) is 0 Å². The van der Waals surface area contributed by atoms with Crippen LogP contribution in [0.3, 0.4) is 0 Å². The van der Waals surface area contributed by atoms with Crippen LogP contribution in [0, 0.1) is 5.92 Å². The molecule has 1 rings (SSSR count). The molecular weight excluding hydrogens is 184 g/mol. The van der Waals surface area contributed by atoms with Crippen molar-refractivity contribution in [3.8, 4) is 0 Å². The topological polar surface area (TPSA) is 15.3 Å². The molecule has 0 aromatic carbocycles. The number of rotatable bonds is 8. The standard InChI is InChI=1S/C13H28N2/c1-3-7-13-8-11-15(12-13)10-6-5-9-14-4-2/h13-14H,3-12H2,1-2H3. The van der Waals surface area contributed by atoms with Gasteiger partial charge >= 0.3 is 0 Å². The summed E-state index contributed by atoms with van der Waals surface area (Å²) < 4.78 is 0. The molecule has 0 spiro atoms. The van der Waals surface area contributed by atoms with Gasteiger partial charge in [0.15, 0.2) is 0 Å². The van der Waals surface area contributed by atoms with E-state index in [4.69, 9.17) is 0 Å². The van der Waals surface area contributed by atoms with E-state index in [0.717, 1.165) is 12.5 Å². The molecule has 1 saturated heterocycles. The predicted molar refractivity (Wildman–Crippen MR) is 67.2 cm³/mol. The first-order valence-corrected chi connectivity index (χ1v) is 6.79. The Kier molecular flexibility index (Phi) is 7.03. The smallest absolute Gasteiger partial charge is 0.00101 e. The molecule has 0 bridgehead atoms. The van der Waals surface area contributed by atoms with E-state index in [-0.39, 0.29) is 0 Å². The quantitative estimate of drug-likeness (QED) is 0.622. The molecule has 15 heavy (non-hydrogen) atoms. The van der Waals surface area contributed by atoms with Crippen LogP contribution < -0.4 is 5.32 Å². The predicted octanol–water partition coefficient (Wildman–Crippen LogP) is 2.50. The van der Waals surface area contributed by atoms with Gasteiger partial charge in [-0.2, -0.15) is 0 Å². The molecule has 0 aromatic rings. The van der Waals surface area contributed by atoms with Gasteiger partial charge < -0.3 is 10.2 Å². The lowest BCUT2D eigenvalue weighted by molar-refractivity contribution is 0.312. The summed E-state index contributed by atoms with van der Waals surface area (Å²) in [6, 6.07) is 0. The van der Waals surface area contributed by atoms with E-state index in [0.29, 0.717) is 0 Å². The van der Waals surface area contributed by atoms with Crippen molar-refractivity contribution < 1.29 is 0 Å². The normalized spacial score (nSPS) is 22.4. The fourth-order valence-corrected chi connectivity index (χ4v) is 2.52. The average molecular weight is 212 g/mol. The number of hydrogen-bond acceptors (Lipinski definition) is 2. The molecule has 0 aliphatic carbocycles. The summed E-state index contributed by atoms with van der Waals surface area (Å²) in [5.74, 6) is 1.00. The lowest BCUT2D eigenvalue weighted by Gasteiger charge is -2.15. The van der Waals surface area contributed by atoms with E-state index >= 15 is 0 Å². The van der Waals surface area contributed by atoms with E-state index < -0.39 is 0 Å². The van der Waals surface area contributed by atoms with Crippen LogP contribution in [0.1, 0.15) is 46.0 Å². The molecule has 90 valence electrons. The zero-order valence-electron chi connectivity index (χ0n) is 10.6. The van der Waals surface area contributed by atoms with Gasteiger partial charge in [0.1, 0.15) is 0 Å². The van der Waals surface area contributed by atoms with Crippen molar-refractivity contribution in [2.45, 2.75) is 46.0 Å². The Bertz CT molecular complexity index is 147. The van der Waals surface area contributed by atoms with Crippen LogP contribution in [0.5, 0.6) is 0 Å². The van der Waals surface area contributed by atoms with Crippen LogP contribution >= 0.6 is 0 Å². The second-order valence-corrected chi connectivity index (χ2v) is 4.80. The SMILES string of the molecule is CCCC1CCN(CCCCNCC)C1. The van der Waals surface area contributed by atoms with Crippen molar-refractivity contribution in [2.75, 3.05) is 32.7 Å². The van der Waals surface area contributed by atoms with E-state index in [1.165, 1.54) is 58.3 Å². The monoisotopic (exact) mass is 212 g/mol. The van der Waals surface area contributed by atoms with Crippen LogP contribution in [-0.2, 0) is 0 Å². The minimum Gasteiger partial charge on any atom is -0.317 e. The fourth-order valence-electron chi connectivity index (χ4n) is 2.52. The maximum Gasteiger partial charge on any atom is 0.00101 e. The fraction of sp³-hybridized carbons (Fsp3) is 1.00. The highest BCUT2D eigenvalue weighted by Gasteiger charge is 2.20. The molecule has 1 unspecified atom stereocenters. The highest BCUT2D eigenvalue weighted by molar-refractivity contribution is 4.74. The van der Waals surface area contributed by atoms with E-state index in [1.807, 2.05) is 0 Å². The molecule has 0 aromatic heterocycles. The Morgan fingerprint density at radius 1 is 1.27 bits per heavy atom. The molecule has 2 heteroatoms. The van der Waals surface area contributed by atoms with Crippen LogP contribution in [-0.4, -0.2) is 37.6 Å². The summed E-state index contributed by atoms with van der Waals surface area (Å²) in [5.41, 5.74) is 0. The first-order chi connectivity index (χ1) is 7.36. The Hall–Kier alpha value is -0.0800. The van der Waals surface area contributed by atoms with Crippen molar-refractivity contribution in [3.63, 3.8) is 0 Å². The number of unbranched alkanes of at least 4 members (excludes halogenated alkanes) is 1. The summed E-state index contributed by atoms with van der Waals surface area (Å²) in [7, 11) is 0. The van der Waals surface area contributed by atoms with Gasteiger partial charge in [0.2, 0.25) is 0 Å². The second-order valence-electron chi connectivity index (χ2n) is 4.80. The molecule has 0 radical (unpaired) electrons. The van der Waals surface area contributed by atoms with Gasteiger partial charge in [-0.05, 0) is 57.8 Å².